The molecule has 0 aliphatic rings. The summed E-state index contributed by atoms with van der Waals surface area (Å²) >= 11 is 0. The van der Waals surface area contributed by atoms with Crippen molar-refractivity contribution >= 4 is 0 Å². The molecule has 1 atom stereocenters. The van der Waals surface area contributed by atoms with Gasteiger partial charge in [-0.05, 0) is 49.2 Å². The number of nitrogens with one attached hydrogen (secondary N) is 1. The van der Waals surface area contributed by atoms with Gasteiger partial charge in [-0.3, -0.25) is 10.8 Å². The number of benzene rings is 1. The fourth-order valence-corrected chi connectivity index (χ4v) is 2.10. The third kappa shape index (κ3) is 2.72. The first-order valence-corrected chi connectivity index (χ1v) is 5.77. The van der Waals surface area contributed by atoms with E-state index in [1.54, 1.807) is 6.07 Å². The maximum Gasteiger partial charge on any atom is 0.123 e. The predicted molar refractivity (Wildman–Crippen MR) is 69.3 cm³/mol. The van der Waals surface area contributed by atoms with Crippen molar-refractivity contribution in [3.63, 3.8) is 0 Å². The van der Waals surface area contributed by atoms with Crippen LogP contribution in [0, 0.1) is 19.7 Å². The van der Waals surface area contributed by atoms with E-state index in [0.29, 0.717) is 0 Å². The van der Waals surface area contributed by atoms with Gasteiger partial charge in [0, 0.05) is 11.4 Å². The van der Waals surface area contributed by atoms with E-state index in [-0.39, 0.29) is 11.9 Å². The minimum absolute atomic E-state index is 0.235. The highest BCUT2D eigenvalue weighted by atomic mass is 19.1. The van der Waals surface area contributed by atoms with Crippen LogP contribution in [0.5, 0.6) is 0 Å². The summed E-state index contributed by atoms with van der Waals surface area (Å²) in [4.78, 5) is 4.32. The van der Waals surface area contributed by atoms with Crippen molar-refractivity contribution in [3.8, 4) is 0 Å². The molecule has 0 saturated carbocycles. The van der Waals surface area contributed by atoms with Crippen molar-refractivity contribution in [3.05, 3.63) is 64.7 Å². The normalized spacial score (nSPS) is 12.4. The third-order valence-corrected chi connectivity index (χ3v) is 2.79. The van der Waals surface area contributed by atoms with Crippen LogP contribution in [0.4, 0.5) is 4.39 Å². The molecule has 1 aromatic carbocycles. The number of rotatable bonds is 3. The lowest BCUT2D eigenvalue weighted by Gasteiger charge is -2.17. The van der Waals surface area contributed by atoms with E-state index in [1.165, 1.54) is 12.1 Å². The molecular weight excluding hydrogens is 229 g/mol. The Labute approximate surface area is 106 Å². The Morgan fingerprint density at radius 2 is 1.78 bits per heavy atom. The monoisotopic (exact) mass is 245 g/mol. The smallest absolute Gasteiger partial charge is 0.123 e. The molecule has 18 heavy (non-hydrogen) atoms. The second-order valence-corrected chi connectivity index (χ2v) is 4.34. The second kappa shape index (κ2) is 5.25. The molecule has 0 amide bonds. The van der Waals surface area contributed by atoms with Gasteiger partial charge in [-0.1, -0.05) is 12.1 Å². The number of hydrogen-bond donors (Lipinski definition) is 2. The molecule has 0 aliphatic carbocycles. The average Bonchev–Trinajstić information content (AvgIpc) is 2.28. The number of hydrogen-bond acceptors (Lipinski definition) is 3. The van der Waals surface area contributed by atoms with E-state index in [2.05, 4.69) is 10.4 Å². The lowest BCUT2D eigenvalue weighted by atomic mass is 9.99. The fourth-order valence-electron chi connectivity index (χ4n) is 2.10. The van der Waals surface area contributed by atoms with Crippen molar-refractivity contribution < 1.29 is 4.39 Å². The third-order valence-electron chi connectivity index (χ3n) is 2.79. The van der Waals surface area contributed by atoms with Crippen molar-refractivity contribution in [2.75, 3.05) is 0 Å². The number of pyridine rings is 1. The summed E-state index contributed by atoms with van der Waals surface area (Å²) in [6, 6.07) is 10.1. The van der Waals surface area contributed by atoms with Crippen LogP contribution in [0.2, 0.25) is 0 Å². The van der Waals surface area contributed by atoms with Crippen molar-refractivity contribution in [2.24, 2.45) is 5.84 Å². The quantitative estimate of drug-likeness (QED) is 0.645. The molecular formula is C14H16FN3. The van der Waals surface area contributed by atoms with Crippen LogP contribution in [0.15, 0.2) is 36.4 Å². The zero-order chi connectivity index (χ0) is 13.1. The molecule has 0 fully saturated rings. The topological polar surface area (TPSA) is 50.9 Å². The lowest BCUT2D eigenvalue weighted by molar-refractivity contribution is 0.604. The Morgan fingerprint density at radius 1 is 1.11 bits per heavy atom. The van der Waals surface area contributed by atoms with Gasteiger partial charge < -0.3 is 0 Å². The Balaban J connectivity index is 2.45. The van der Waals surface area contributed by atoms with Gasteiger partial charge in [0.15, 0.2) is 0 Å². The molecule has 3 nitrogen and oxygen atoms in total. The molecule has 0 bridgehead atoms. The molecule has 3 N–H and O–H groups in total. The van der Waals surface area contributed by atoms with Gasteiger partial charge in [0.2, 0.25) is 0 Å². The second-order valence-electron chi connectivity index (χ2n) is 4.34. The van der Waals surface area contributed by atoms with Gasteiger partial charge in [0.25, 0.3) is 0 Å². The maximum absolute atomic E-state index is 13.3. The van der Waals surface area contributed by atoms with Gasteiger partial charge in [-0.15, -0.1) is 0 Å². The summed E-state index contributed by atoms with van der Waals surface area (Å²) in [5, 5.41) is 0. The van der Waals surface area contributed by atoms with E-state index in [4.69, 9.17) is 5.84 Å². The zero-order valence-corrected chi connectivity index (χ0v) is 10.4. The molecule has 94 valence electrons. The van der Waals surface area contributed by atoms with Gasteiger partial charge in [-0.25, -0.2) is 9.82 Å². The van der Waals surface area contributed by atoms with Crippen molar-refractivity contribution in [2.45, 2.75) is 19.9 Å². The van der Waals surface area contributed by atoms with E-state index < -0.39 is 0 Å². The summed E-state index contributed by atoms with van der Waals surface area (Å²) < 4.78 is 13.3. The summed E-state index contributed by atoms with van der Waals surface area (Å²) in [7, 11) is 0. The van der Waals surface area contributed by atoms with E-state index in [0.717, 1.165) is 22.5 Å². The van der Waals surface area contributed by atoms with Crippen LogP contribution in [0.3, 0.4) is 0 Å². The largest absolute Gasteiger partial charge is 0.271 e. The van der Waals surface area contributed by atoms with Gasteiger partial charge in [0.05, 0.1) is 6.04 Å². The number of nitrogens with zero attached hydrogens (tertiary/aromatic N) is 1. The molecule has 4 heteroatoms. The number of aromatic nitrogens is 1. The Bertz CT molecular complexity index is 534. The SMILES string of the molecule is Cc1cc(C(NN)c2cccc(F)c2)cc(C)n1. The number of hydrazine groups is 1. The van der Waals surface area contributed by atoms with Crippen LogP contribution in [0.25, 0.3) is 0 Å². The van der Waals surface area contributed by atoms with E-state index in [1.807, 2.05) is 32.0 Å². The summed E-state index contributed by atoms with van der Waals surface area (Å²) in [6.45, 7) is 3.85. The summed E-state index contributed by atoms with van der Waals surface area (Å²) in [5.74, 6) is 5.33. The first-order valence-electron chi connectivity index (χ1n) is 5.77. The molecule has 1 heterocycles. The molecule has 1 unspecified atom stereocenters. The molecule has 0 aliphatic heterocycles. The highest BCUT2D eigenvalue weighted by Crippen LogP contribution is 2.22. The number of aryl methyl sites for hydroxylation is 2. The first-order chi connectivity index (χ1) is 8.60. The minimum atomic E-state index is -0.268. The molecule has 0 radical (unpaired) electrons. The Hall–Kier alpha value is -1.78. The van der Waals surface area contributed by atoms with Crippen LogP contribution >= 0.6 is 0 Å². The first kappa shape index (κ1) is 12.7. The summed E-state index contributed by atoms with van der Waals surface area (Å²) in [6.07, 6.45) is 0. The van der Waals surface area contributed by atoms with Crippen LogP contribution in [-0.2, 0) is 0 Å². The molecule has 2 aromatic rings. The number of nitrogens with two attached hydrogens (primary N) is 1. The van der Waals surface area contributed by atoms with E-state index >= 15 is 0 Å². The maximum atomic E-state index is 13.3. The highest BCUT2D eigenvalue weighted by Gasteiger charge is 2.13. The Kier molecular flexibility index (Phi) is 3.69. The lowest BCUT2D eigenvalue weighted by Crippen LogP contribution is -2.29. The standard InChI is InChI=1S/C14H16FN3/c1-9-6-12(7-10(2)17-9)14(18-16)11-4-3-5-13(15)8-11/h3-8,14,18H,16H2,1-2H3. The van der Waals surface area contributed by atoms with Crippen LogP contribution < -0.4 is 11.3 Å². The number of halogens is 1. The average molecular weight is 245 g/mol. The molecule has 1 aromatic heterocycles. The molecule has 0 spiro atoms. The van der Waals surface area contributed by atoms with Gasteiger partial charge in [-0.2, -0.15) is 0 Å². The molecule has 2 rings (SSSR count). The van der Waals surface area contributed by atoms with E-state index in [9.17, 15) is 4.39 Å². The molecule has 0 saturated heterocycles. The minimum Gasteiger partial charge on any atom is -0.271 e. The van der Waals surface area contributed by atoms with Crippen molar-refractivity contribution in [1.29, 1.82) is 0 Å². The Morgan fingerprint density at radius 3 is 2.33 bits per heavy atom. The van der Waals surface area contributed by atoms with Crippen LogP contribution in [-0.4, -0.2) is 4.98 Å². The van der Waals surface area contributed by atoms with Gasteiger partial charge in [0.1, 0.15) is 5.82 Å². The van der Waals surface area contributed by atoms with Gasteiger partial charge >= 0.3 is 0 Å². The zero-order valence-electron chi connectivity index (χ0n) is 10.4. The highest BCUT2D eigenvalue weighted by molar-refractivity contribution is 5.33. The predicted octanol–water partition coefficient (Wildman–Crippen LogP) is 2.39. The fraction of sp³-hybridized carbons (Fsp3) is 0.214. The summed E-state index contributed by atoms with van der Waals surface area (Å²) in [5.41, 5.74) is 6.33. The van der Waals surface area contributed by atoms with Crippen LogP contribution in [0.1, 0.15) is 28.6 Å². The van der Waals surface area contributed by atoms with Crippen molar-refractivity contribution in [1.82, 2.24) is 10.4 Å².